The number of nitrogens with one attached hydrogen (secondary N) is 1. The third kappa shape index (κ3) is 3.23. The molecule has 0 radical (unpaired) electrons. The van der Waals surface area contributed by atoms with Crippen LogP contribution >= 0.6 is 0 Å². The van der Waals surface area contributed by atoms with Gasteiger partial charge < -0.3 is 15.3 Å². The molecular weight excluding hydrogens is 210 g/mol. The van der Waals surface area contributed by atoms with Crippen LogP contribution in [0.25, 0.3) is 0 Å². The molecule has 1 rings (SSSR count). The van der Waals surface area contributed by atoms with E-state index in [1.807, 2.05) is 0 Å². The average molecular weight is 223 g/mol. The van der Waals surface area contributed by atoms with Gasteiger partial charge in [-0.2, -0.15) is 0 Å². The molecule has 0 saturated carbocycles. The monoisotopic (exact) mass is 223 g/mol. The predicted octanol–water partition coefficient (Wildman–Crippen LogP) is 0.280. The van der Waals surface area contributed by atoms with Crippen molar-refractivity contribution in [1.82, 2.24) is 9.88 Å². The van der Waals surface area contributed by atoms with Crippen molar-refractivity contribution in [3.63, 3.8) is 0 Å². The maximum atomic E-state index is 11.2. The molecular formula is C10H13N3O3. The van der Waals surface area contributed by atoms with Gasteiger partial charge in [-0.05, 0) is 12.1 Å². The number of carbonyl (C=O) groups excluding carboxylic acids is 1. The molecule has 1 aromatic heterocycles. The standard InChI is InChI=1S/C10H13N3O3/c1-13(2)9(14)6-12-8-4-3-7(5-11-8)10(15)16/h3-5H,6H2,1-2H3,(H,11,12)(H,15,16). The quantitative estimate of drug-likeness (QED) is 0.766. The third-order valence-electron chi connectivity index (χ3n) is 1.93. The maximum Gasteiger partial charge on any atom is 0.337 e. The molecule has 6 heteroatoms. The van der Waals surface area contributed by atoms with E-state index in [0.717, 1.165) is 0 Å². The Kier molecular flexibility index (Phi) is 3.82. The van der Waals surface area contributed by atoms with Crippen LogP contribution in [0.5, 0.6) is 0 Å². The lowest BCUT2D eigenvalue weighted by atomic mass is 10.3. The van der Waals surface area contributed by atoms with Crippen LogP contribution < -0.4 is 5.32 Å². The molecule has 1 aromatic rings. The smallest absolute Gasteiger partial charge is 0.337 e. The molecule has 86 valence electrons. The average Bonchev–Trinajstić information content (AvgIpc) is 2.26. The molecule has 0 bridgehead atoms. The van der Waals surface area contributed by atoms with E-state index in [1.165, 1.54) is 23.2 Å². The summed E-state index contributed by atoms with van der Waals surface area (Å²) in [5.74, 6) is -0.632. The highest BCUT2D eigenvalue weighted by molar-refractivity contribution is 5.87. The number of carbonyl (C=O) groups is 2. The van der Waals surface area contributed by atoms with Gasteiger partial charge in [-0.25, -0.2) is 9.78 Å². The number of hydrogen-bond acceptors (Lipinski definition) is 4. The topological polar surface area (TPSA) is 82.5 Å². The Morgan fingerprint density at radius 2 is 2.12 bits per heavy atom. The van der Waals surface area contributed by atoms with Crippen molar-refractivity contribution in [3.05, 3.63) is 23.9 Å². The first-order valence-corrected chi connectivity index (χ1v) is 4.64. The molecule has 16 heavy (non-hydrogen) atoms. The number of amides is 1. The molecule has 0 aliphatic rings. The van der Waals surface area contributed by atoms with Crippen molar-refractivity contribution in [2.45, 2.75) is 0 Å². The van der Waals surface area contributed by atoms with Gasteiger partial charge in [-0.15, -0.1) is 0 Å². The normalized spacial score (nSPS) is 9.62. The predicted molar refractivity (Wildman–Crippen MR) is 58.4 cm³/mol. The highest BCUT2D eigenvalue weighted by atomic mass is 16.4. The Bertz CT molecular complexity index is 387. The van der Waals surface area contributed by atoms with Gasteiger partial charge >= 0.3 is 5.97 Å². The summed E-state index contributed by atoms with van der Waals surface area (Å²) in [6.07, 6.45) is 1.24. The number of pyridine rings is 1. The number of nitrogens with zero attached hydrogens (tertiary/aromatic N) is 2. The van der Waals surface area contributed by atoms with Gasteiger partial charge in [0.1, 0.15) is 5.82 Å². The fourth-order valence-electron chi connectivity index (χ4n) is 0.949. The fraction of sp³-hybridized carbons (Fsp3) is 0.300. The lowest BCUT2D eigenvalue weighted by Crippen LogP contribution is -2.28. The number of hydrogen-bond donors (Lipinski definition) is 2. The Morgan fingerprint density at radius 1 is 1.44 bits per heavy atom. The van der Waals surface area contributed by atoms with E-state index in [-0.39, 0.29) is 18.0 Å². The van der Waals surface area contributed by atoms with Crippen LogP contribution in [0.1, 0.15) is 10.4 Å². The minimum absolute atomic E-state index is 0.0795. The van der Waals surface area contributed by atoms with Gasteiger partial charge in [-0.1, -0.05) is 0 Å². The zero-order valence-electron chi connectivity index (χ0n) is 9.10. The molecule has 0 saturated heterocycles. The number of anilines is 1. The van der Waals surface area contributed by atoms with Crippen molar-refractivity contribution >= 4 is 17.7 Å². The van der Waals surface area contributed by atoms with E-state index in [0.29, 0.717) is 5.82 Å². The maximum absolute atomic E-state index is 11.2. The van der Waals surface area contributed by atoms with Gasteiger partial charge in [-0.3, -0.25) is 4.79 Å². The second-order valence-electron chi connectivity index (χ2n) is 3.38. The molecule has 0 aromatic carbocycles. The summed E-state index contributed by atoms with van der Waals surface area (Å²) in [4.78, 5) is 27.1. The van der Waals surface area contributed by atoms with Crippen molar-refractivity contribution in [2.24, 2.45) is 0 Å². The molecule has 1 amide bonds. The van der Waals surface area contributed by atoms with E-state index >= 15 is 0 Å². The number of carboxylic acid groups (broad SMARTS) is 1. The first kappa shape index (κ1) is 12.0. The molecule has 6 nitrogen and oxygen atoms in total. The van der Waals surface area contributed by atoms with E-state index in [9.17, 15) is 9.59 Å². The lowest BCUT2D eigenvalue weighted by Gasteiger charge is -2.11. The second-order valence-corrected chi connectivity index (χ2v) is 3.38. The molecule has 0 aliphatic heterocycles. The first-order chi connectivity index (χ1) is 7.50. The largest absolute Gasteiger partial charge is 0.478 e. The van der Waals surface area contributed by atoms with Crippen LogP contribution in [0, 0.1) is 0 Å². The number of rotatable bonds is 4. The summed E-state index contributed by atoms with van der Waals surface area (Å²) in [6.45, 7) is 0.131. The summed E-state index contributed by atoms with van der Waals surface area (Å²) in [5.41, 5.74) is 0.115. The van der Waals surface area contributed by atoms with Crippen LogP contribution in [0.4, 0.5) is 5.82 Å². The minimum Gasteiger partial charge on any atom is -0.478 e. The van der Waals surface area contributed by atoms with Gasteiger partial charge in [0, 0.05) is 20.3 Å². The number of carboxylic acids is 1. The van der Waals surface area contributed by atoms with Crippen LogP contribution in [0.2, 0.25) is 0 Å². The Morgan fingerprint density at radius 3 is 2.56 bits per heavy atom. The summed E-state index contributed by atoms with van der Waals surface area (Å²) < 4.78 is 0. The molecule has 0 atom stereocenters. The zero-order valence-corrected chi connectivity index (χ0v) is 9.10. The molecule has 0 fully saturated rings. The SMILES string of the molecule is CN(C)C(=O)CNc1ccc(C(=O)O)cn1. The van der Waals surface area contributed by atoms with Crippen molar-refractivity contribution < 1.29 is 14.7 Å². The molecule has 0 unspecified atom stereocenters. The number of aromatic nitrogens is 1. The number of likely N-dealkylation sites (N-methyl/N-ethyl adjacent to an activating group) is 1. The highest BCUT2D eigenvalue weighted by Gasteiger charge is 2.05. The second kappa shape index (κ2) is 5.11. The van der Waals surface area contributed by atoms with E-state index < -0.39 is 5.97 Å². The van der Waals surface area contributed by atoms with Crippen molar-refractivity contribution in [3.8, 4) is 0 Å². The van der Waals surface area contributed by atoms with E-state index in [1.54, 1.807) is 14.1 Å². The van der Waals surface area contributed by atoms with E-state index in [4.69, 9.17) is 5.11 Å². The van der Waals surface area contributed by atoms with Gasteiger partial charge in [0.25, 0.3) is 0 Å². The molecule has 0 aliphatic carbocycles. The summed E-state index contributed by atoms with van der Waals surface area (Å²) >= 11 is 0. The third-order valence-corrected chi connectivity index (χ3v) is 1.93. The van der Waals surface area contributed by atoms with Crippen molar-refractivity contribution in [2.75, 3.05) is 26.0 Å². The number of aromatic carboxylic acids is 1. The van der Waals surface area contributed by atoms with Gasteiger partial charge in [0.2, 0.25) is 5.91 Å². The molecule has 1 heterocycles. The zero-order chi connectivity index (χ0) is 12.1. The minimum atomic E-state index is -1.02. The van der Waals surface area contributed by atoms with Crippen LogP contribution in [-0.2, 0) is 4.79 Å². The Labute approximate surface area is 92.9 Å². The fourth-order valence-corrected chi connectivity index (χ4v) is 0.949. The first-order valence-electron chi connectivity index (χ1n) is 4.64. The van der Waals surface area contributed by atoms with Crippen LogP contribution in [-0.4, -0.2) is 47.5 Å². The van der Waals surface area contributed by atoms with Gasteiger partial charge in [0.15, 0.2) is 0 Å². The van der Waals surface area contributed by atoms with Gasteiger partial charge in [0.05, 0.1) is 12.1 Å². The lowest BCUT2D eigenvalue weighted by molar-refractivity contribution is -0.126. The highest BCUT2D eigenvalue weighted by Crippen LogP contribution is 2.04. The Hall–Kier alpha value is -2.11. The summed E-state index contributed by atoms with van der Waals surface area (Å²) in [7, 11) is 3.32. The summed E-state index contributed by atoms with van der Waals surface area (Å²) in [6, 6.07) is 2.95. The Balaban J connectivity index is 2.56. The molecule has 0 spiro atoms. The van der Waals surface area contributed by atoms with E-state index in [2.05, 4.69) is 10.3 Å². The van der Waals surface area contributed by atoms with Crippen LogP contribution in [0.3, 0.4) is 0 Å². The van der Waals surface area contributed by atoms with Crippen molar-refractivity contribution in [1.29, 1.82) is 0 Å². The molecule has 2 N–H and O–H groups in total. The van der Waals surface area contributed by atoms with Crippen LogP contribution in [0.15, 0.2) is 18.3 Å². The summed E-state index contributed by atoms with van der Waals surface area (Å²) in [5, 5.41) is 11.4.